The van der Waals surface area contributed by atoms with Crippen LogP contribution < -0.4 is 15.4 Å². The van der Waals surface area contributed by atoms with Crippen molar-refractivity contribution in [2.45, 2.75) is 19.9 Å². The highest BCUT2D eigenvalue weighted by atomic mass is 79.9. The summed E-state index contributed by atoms with van der Waals surface area (Å²) in [5.74, 6) is 1.35. The Morgan fingerprint density at radius 3 is 2.81 bits per heavy atom. The standard InChI is InChI=1S/C16H20BrN3O/c1-3-9-21-16-14(18)7-8-15(19-16)20(2)11-12-5-4-6-13(17)10-12/h4-8,10H,3,9,11,18H2,1-2H3. The first-order valence-corrected chi connectivity index (χ1v) is 7.74. The van der Waals surface area contributed by atoms with Gasteiger partial charge in [-0.1, -0.05) is 35.0 Å². The van der Waals surface area contributed by atoms with Crippen molar-refractivity contribution < 1.29 is 4.74 Å². The van der Waals surface area contributed by atoms with Gasteiger partial charge < -0.3 is 15.4 Å². The SMILES string of the molecule is CCCOc1nc(N(C)Cc2cccc(Br)c2)ccc1N. The van der Waals surface area contributed by atoms with E-state index in [9.17, 15) is 0 Å². The molecule has 0 unspecified atom stereocenters. The van der Waals surface area contributed by atoms with Crippen LogP contribution in [0, 0.1) is 0 Å². The third-order valence-electron chi connectivity index (χ3n) is 3.02. The average molecular weight is 350 g/mol. The van der Waals surface area contributed by atoms with Crippen LogP contribution in [-0.4, -0.2) is 18.6 Å². The van der Waals surface area contributed by atoms with Gasteiger partial charge in [-0.15, -0.1) is 0 Å². The third kappa shape index (κ3) is 4.36. The van der Waals surface area contributed by atoms with Crippen molar-refractivity contribution in [3.05, 3.63) is 46.4 Å². The van der Waals surface area contributed by atoms with Gasteiger partial charge in [-0.2, -0.15) is 4.98 Å². The molecule has 5 heteroatoms. The predicted molar refractivity (Wildman–Crippen MR) is 90.7 cm³/mol. The number of hydrogen-bond acceptors (Lipinski definition) is 4. The van der Waals surface area contributed by atoms with Crippen LogP contribution in [0.2, 0.25) is 0 Å². The van der Waals surface area contributed by atoms with Gasteiger partial charge in [-0.05, 0) is 36.2 Å². The topological polar surface area (TPSA) is 51.4 Å². The zero-order chi connectivity index (χ0) is 15.2. The molecule has 4 nitrogen and oxygen atoms in total. The Labute approximate surface area is 134 Å². The van der Waals surface area contributed by atoms with Gasteiger partial charge in [0.05, 0.1) is 12.3 Å². The molecule has 0 fully saturated rings. The lowest BCUT2D eigenvalue weighted by Gasteiger charge is -2.19. The van der Waals surface area contributed by atoms with Crippen LogP contribution in [0.5, 0.6) is 5.88 Å². The molecule has 2 rings (SSSR count). The first-order chi connectivity index (χ1) is 10.1. The van der Waals surface area contributed by atoms with Gasteiger partial charge in [-0.3, -0.25) is 0 Å². The zero-order valence-electron chi connectivity index (χ0n) is 12.3. The first kappa shape index (κ1) is 15.6. The minimum Gasteiger partial charge on any atom is -0.476 e. The highest BCUT2D eigenvalue weighted by Gasteiger charge is 2.08. The molecule has 0 saturated heterocycles. The van der Waals surface area contributed by atoms with Gasteiger partial charge in [0.15, 0.2) is 0 Å². The Morgan fingerprint density at radius 2 is 2.10 bits per heavy atom. The first-order valence-electron chi connectivity index (χ1n) is 6.95. The van der Waals surface area contributed by atoms with Gasteiger partial charge in [0.1, 0.15) is 5.82 Å². The molecule has 0 aliphatic rings. The summed E-state index contributed by atoms with van der Waals surface area (Å²) in [6.45, 7) is 3.44. The summed E-state index contributed by atoms with van der Waals surface area (Å²) in [7, 11) is 2.00. The molecule has 0 aliphatic heterocycles. The van der Waals surface area contributed by atoms with E-state index in [1.165, 1.54) is 5.56 Å². The smallest absolute Gasteiger partial charge is 0.239 e. The largest absolute Gasteiger partial charge is 0.476 e. The number of anilines is 2. The lowest BCUT2D eigenvalue weighted by atomic mass is 10.2. The normalized spacial score (nSPS) is 10.4. The number of benzene rings is 1. The van der Waals surface area contributed by atoms with Gasteiger partial charge in [0, 0.05) is 18.1 Å². The summed E-state index contributed by atoms with van der Waals surface area (Å²) >= 11 is 3.49. The maximum atomic E-state index is 5.89. The number of halogens is 1. The number of nitrogens with two attached hydrogens (primary N) is 1. The second-order valence-electron chi connectivity index (χ2n) is 4.90. The van der Waals surface area contributed by atoms with E-state index < -0.39 is 0 Å². The molecule has 1 aromatic carbocycles. The minimum absolute atomic E-state index is 0.510. The molecule has 0 bridgehead atoms. The lowest BCUT2D eigenvalue weighted by Crippen LogP contribution is -2.18. The Kier molecular flexibility index (Phi) is 5.44. The van der Waals surface area contributed by atoms with Crippen molar-refractivity contribution in [3.8, 4) is 5.88 Å². The Balaban J connectivity index is 2.13. The minimum atomic E-state index is 0.510. The molecular weight excluding hydrogens is 330 g/mol. The van der Waals surface area contributed by atoms with Crippen LogP contribution in [0.3, 0.4) is 0 Å². The molecule has 2 aromatic rings. The molecular formula is C16H20BrN3O. The van der Waals surface area contributed by atoms with E-state index in [4.69, 9.17) is 10.5 Å². The van der Waals surface area contributed by atoms with Crippen molar-refractivity contribution in [1.82, 2.24) is 4.98 Å². The van der Waals surface area contributed by atoms with Crippen molar-refractivity contribution >= 4 is 27.4 Å². The fourth-order valence-corrected chi connectivity index (χ4v) is 2.41. The van der Waals surface area contributed by atoms with Crippen LogP contribution in [0.15, 0.2) is 40.9 Å². The maximum absolute atomic E-state index is 5.89. The van der Waals surface area contributed by atoms with E-state index in [1.54, 1.807) is 0 Å². The molecule has 0 atom stereocenters. The van der Waals surface area contributed by atoms with E-state index in [1.807, 2.05) is 31.3 Å². The second-order valence-corrected chi connectivity index (χ2v) is 5.81. The van der Waals surface area contributed by atoms with E-state index in [2.05, 4.69) is 44.9 Å². The summed E-state index contributed by atoms with van der Waals surface area (Å²) in [6.07, 6.45) is 0.930. The summed E-state index contributed by atoms with van der Waals surface area (Å²) in [4.78, 5) is 6.56. The number of hydrogen-bond donors (Lipinski definition) is 1. The van der Waals surface area contributed by atoms with Gasteiger partial charge in [0.2, 0.25) is 5.88 Å². The molecule has 0 amide bonds. The van der Waals surface area contributed by atoms with Crippen LogP contribution in [-0.2, 0) is 6.54 Å². The van der Waals surface area contributed by atoms with E-state index >= 15 is 0 Å². The van der Waals surface area contributed by atoms with Gasteiger partial charge in [0.25, 0.3) is 0 Å². The molecule has 0 spiro atoms. The summed E-state index contributed by atoms with van der Waals surface area (Å²) in [5.41, 5.74) is 7.67. The van der Waals surface area contributed by atoms with Crippen molar-refractivity contribution in [3.63, 3.8) is 0 Å². The van der Waals surface area contributed by atoms with Crippen LogP contribution in [0.4, 0.5) is 11.5 Å². The van der Waals surface area contributed by atoms with Crippen molar-refractivity contribution in [2.75, 3.05) is 24.3 Å². The molecule has 112 valence electrons. The zero-order valence-corrected chi connectivity index (χ0v) is 13.9. The van der Waals surface area contributed by atoms with Crippen molar-refractivity contribution in [2.24, 2.45) is 0 Å². The number of pyridine rings is 1. The average Bonchev–Trinajstić information content (AvgIpc) is 2.46. The maximum Gasteiger partial charge on any atom is 0.239 e. The molecule has 0 radical (unpaired) electrons. The predicted octanol–water partition coefficient (Wildman–Crippen LogP) is 3.85. The summed E-state index contributed by atoms with van der Waals surface area (Å²) in [5, 5.41) is 0. The van der Waals surface area contributed by atoms with Gasteiger partial charge >= 0.3 is 0 Å². The monoisotopic (exact) mass is 349 g/mol. The third-order valence-corrected chi connectivity index (χ3v) is 3.51. The summed E-state index contributed by atoms with van der Waals surface area (Å²) in [6, 6.07) is 12.0. The number of nitrogen functional groups attached to an aromatic ring is 1. The van der Waals surface area contributed by atoms with Gasteiger partial charge in [-0.25, -0.2) is 0 Å². The van der Waals surface area contributed by atoms with Crippen LogP contribution in [0.25, 0.3) is 0 Å². The second kappa shape index (κ2) is 7.31. The molecule has 1 aromatic heterocycles. The van der Waals surface area contributed by atoms with Crippen LogP contribution >= 0.6 is 15.9 Å². The highest BCUT2D eigenvalue weighted by Crippen LogP contribution is 2.24. The summed E-state index contributed by atoms with van der Waals surface area (Å²) < 4.78 is 6.65. The lowest BCUT2D eigenvalue weighted by molar-refractivity contribution is 0.307. The molecule has 1 heterocycles. The number of rotatable bonds is 6. The molecule has 2 N–H and O–H groups in total. The fraction of sp³-hybridized carbons (Fsp3) is 0.312. The van der Waals surface area contributed by atoms with E-state index in [-0.39, 0.29) is 0 Å². The Hall–Kier alpha value is -1.75. The molecule has 0 saturated carbocycles. The van der Waals surface area contributed by atoms with Crippen molar-refractivity contribution in [1.29, 1.82) is 0 Å². The Bertz CT molecular complexity index is 604. The number of aromatic nitrogens is 1. The highest BCUT2D eigenvalue weighted by molar-refractivity contribution is 9.10. The number of ether oxygens (including phenoxy) is 1. The van der Waals surface area contributed by atoms with E-state index in [0.29, 0.717) is 18.2 Å². The fourth-order valence-electron chi connectivity index (χ4n) is 1.96. The number of nitrogens with zero attached hydrogens (tertiary/aromatic N) is 2. The van der Waals surface area contributed by atoms with E-state index in [0.717, 1.165) is 23.3 Å². The molecule has 0 aliphatic carbocycles. The Morgan fingerprint density at radius 1 is 1.29 bits per heavy atom. The quantitative estimate of drug-likeness (QED) is 0.860. The van der Waals surface area contributed by atoms with Crippen LogP contribution in [0.1, 0.15) is 18.9 Å². The molecule has 21 heavy (non-hydrogen) atoms.